The van der Waals surface area contributed by atoms with Gasteiger partial charge in [-0.3, -0.25) is 0 Å². The molecule has 2 aromatic rings. The molecule has 114 valence electrons. The van der Waals surface area contributed by atoms with Crippen LogP contribution in [0.5, 0.6) is 0 Å². The average Bonchev–Trinajstić information content (AvgIpc) is 2.84. The van der Waals surface area contributed by atoms with Gasteiger partial charge in [0.2, 0.25) is 10.0 Å². The summed E-state index contributed by atoms with van der Waals surface area (Å²) in [6, 6.07) is 8.76. The molecule has 0 bridgehead atoms. The topological polar surface area (TPSA) is 72.2 Å². The highest BCUT2D eigenvalue weighted by Gasteiger charge is 2.14. The first-order valence-electron chi connectivity index (χ1n) is 6.40. The van der Waals surface area contributed by atoms with E-state index < -0.39 is 10.0 Å². The number of hydrogen-bond donors (Lipinski definition) is 2. The fraction of sp³-hybridized carbons (Fsp3) is 0.286. The fourth-order valence-electron chi connectivity index (χ4n) is 2.06. The van der Waals surface area contributed by atoms with Crippen LogP contribution in [-0.4, -0.2) is 8.42 Å². The smallest absolute Gasteiger partial charge is 0.238 e. The van der Waals surface area contributed by atoms with Crippen LogP contribution in [0.4, 0.5) is 0 Å². The zero-order chi connectivity index (χ0) is 15.6. The SMILES string of the molecule is CC(NC(C)c1csc(Cl)c1)c1ccc(S(N)(=O)=O)cc1. The number of halogens is 1. The van der Waals surface area contributed by atoms with Crippen molar-refractivity contribution in [2.75, 3.05) is 0 Å². The van der Waals surface area contributed by atoms with E-state index in [0.717, 1.165) is 15.5 Å². The molecule has 21 heavy (non-hydrogen) atoms. The number of thiophene rings is 1. The molecule has 0 aliphatic heterocycles. The number of nitrogens with one attached hydrogen (secondary N) is 1. The van der Waals surface area contributed by atoms with E-state index >= 15 is 0 Å². The standard InChI is InChI=1S/C14H17ClN2O2S2/c1-9(17-10(2)12-7-14(15)20-8-12)11-3-5-13(6-4-11)21(16,18)19/h3-10,17H,1-2H3,(H2,16,18,19). The molecule has 0 saturated carbocycles. The molecule has 1 heterocycles. The summed E-state index contributed by atoms with van der Waals surface area (Å²) in [5.41, 5.74) is 2.13. The second-order valence-electron chi connectivity index (χ2n) is 4.91. The van der Waals surface area contributed by atoms with Crippen molar-refractivity contribution in [3.8, 4) is 0 Å². The van der Waals surface area contributed by atoms with Gasteiger partial charge in [0, 0.05) is 12.1 Å². The van der Waals surface area contributed by atoms with Gasteiger partial charge in [0.15, 0.2) is 0 Å². The lowest BCUT2D eigenvalue weighted by atomic mass is 10.1. The van der Waals surface area contributed by atoms with Gasteiger partial charge < -0.3 is 5.32 Å². The largest absolute Gasteiger partial charge is 0.304 e. The summed E-state index contributed by atoms with van der Waals surface area (Å²) >= 11 is 7.45. The Morgan fingerprint density at radius 1 is 1.14 bits per heavy atom. The predicted octanol–water partition coefficient (Wildman–Crippen LogP) is 3.46. The monoisotopic (exact) mass is 344 g/mol. The molecule has 0 amide bonds. The Balaban J connectivity index is 2.08. The number of nitrogens with two attached hydrogens (primary N) is 1. The van der Waals surface area contributed by atoms with E-state index in [0.29, 0.717) is 0 Å². The summed E-state index contributed by atoms with van der Waals surface area (Å²) in [6.07, 6.45) is 0. The molecular weight excluding hydrogens is 328 g/mol. The molecule has 1 aromatic carbocycles. The van der Waals surface area contributed by atoms with E-state index in [2.05, 4.69) is 12.2 Å². The van der Waals surface area contributed by atoms with E-state index in [4.69, 9.17) is 16.7 Å². The fourth-order valence-corrected chi connectivity index (χ4v) is 3.56. The first-order chi connectivity index (χ1) is 9.77. The molecule has 7 heteroatoms. The number of benzene rings is 1. The number of sulfonamides is 1. The minimum atomic E-state index is -3.64. The maximum atomic E-state index is 11.2. The maximum Gasteiger partial charge on any atom is 0.238 e. The van der Waals surface area contributed by atoms with Crippen LogP contribution in [0.15, 0.2) is 40.6 Å². The number of rotatable bonds is 5. The Bertz CT molecular complexity index is 711. The Morgan fingerprint density at radius 2 is 1.71 bits per heavy atom. The molecule has 0 spiro atoms. The Labute approximate surface area is 134 Å². The number of primary sulfonamides is 1. The van der Waals surface area contributed by atoms with E-state index in [-0.39, 0.29) is 17.0 Å². The minimum absolute atomic E-state index is 0.0770. The van der Waals surface area contributed by atoms with Crippen LogP contribution in [-0.2, 0) is 10.0 Å². The van der Waals surface area contributed by atoms with Crippen LogP contribution in [0.1, 0.15) is 37.1 Å². The van der Waals surface area contributed by atoms with Crippen molar-refractivity contribution < 1.29 is 8.42 Å². The molecule has 0 fully saturated rings. The third-order valence-electron chi connectivity index (χ3n) is 3.30. The van der Waals surface area contributed by atoms with Gasteiger partial charge in [-0.05, 0) is 48.6 Å². The van der Waals surface area contributed by atoms with Gasteiger partial charge in [0.05, 0.1) is 9.23 Å². The van der Waals surface area contributed by atoms with E-state index in [1.165, 1.54) is 23.5 Å². The Kier molecular flexibility index (Phi) is 5.06. The van der Waals surface area contributed by atoms with Gasteiger partial charge >= 0.3 is 0 Å². The Hall–Kier alpha value is -0.920. The first kappa shape index (κ1) is 16.5. The highest BCUT2D eigenvalue weighted by Crippen LogP contribution is 2.26. The van der Waals surface area contributed by atoms with Crippen molar-refractivity contribution in [3.63, 3.8) is 0 Å². The van der Waals surface area contributed by atoms with Gasteiger partial charge in [0.1, 0.15) is 0 Å². The van der Waals surface area contributed by atoms with Gasteiger partial charge in [-0.1, -0.05) is 23.7 Å². The van der Waals surface area contributed by atoms with Crippen LogP contribution in [0.3, 0.4) is 0 Å². The summed E-state index contributed by atoms with van der Waals surface area (Å²) in [7, 11) is -3.64. The van der Waals surface area contributed by atoms with Crippen molar-refractivity contribution in [2.24, 2.45) is 5.14 Å². The van der Waals surface area contributed by atoms with Crippen LogP contribution in [0.2, 0.25) is 4.34 Å². The second-order valence-corrected chi connectivity index (χ2v) is 8.01. The molecular formula is C14H17ClN2O2S2. The van der Waals surface area contributed by atoms with E-state index in [1.807, 2.05) is 18.4 Å². The van der Waals surface area contributed by atoms with Crippen molar-refractivity contribution in [1.29, 1.82) is 0 Å². The first-order valence-corrected chi connectivity index (χ1v) is 9.20. The van der Waals surface area contributed by atoms with Crippen LogP contribution >= 0.6 is 22.9 Å². The molecule has 0 saturated heterocycles. The molecule has 1 aromatic heterocycles. The third-order valence-corrected chi connectivity index (χ3v) is 5.34. The lowest BCUT2D eigenvalue weighted by molar-refractivity contribution is 0.495. The molecule has 0 aliphatic rings. The van der Waals surface area contributed by atoms with Crippen LogP contribution in [0, 0.1) is 0 Å². The van der Waals surface area contributed by atoms with Gasteiger partial charge in [0.25, 0.3) is 0 Å². The normalized spacial score (nSPS) is 14.9. The van der Waals surface area contributed by atoms with Crippen molar-refractivity contribution >= 4 is 33.0 Å². The quantitative estimate of drug-likeness (QED) is 0.872. The van der Waals surface area contributed by atoms with Gasteiger partial charge in [-0.2, -0.15) is 0 Å². The maximum absolute atomic E-state index is 11.2. The van der Waals surface area contributed by atoms with Gasteiger partial charge in [-0.15, -0.1) is 11.3 Å². The Morgan fingerprint density at radius 3 is 2.19 bits per heavy atom. The average molecular weight is 345 g/mol. The summed E-state index contributed by atoms with van der Waals surface area (Å²) in [5, 5.41) is 10.6. The predicted molar refractivity (Wildman–Crippen MR) is 87.1 cm³/mol. The zero-order valence-electron chi connectivity index (χ0n) is 11.7. The molecule has 4 nitrogen and oxygen atoms in total. The lowest BCUT2D eigenvalue weighted by Gasteiger charge is -2.20. The highest BCUT2D eigenvalue weighted by molar-refractivity contribution is 7.89. The van der Waals surface area contributed by atoms with Crippen molar-refractivity contribution in [1.82, 2.24) is 5.32 Å². The third kappa shape index (κ3) is 4.28. The minimum Gasteiger partial charge on any atom is -0.304 e. The van der Waals surface area contributed by atoms with E-state index in [1.54, 1.807) is 12.1 Å². The zero-order valence-corrected chi connectivity index (χ0v) is 14.1. The molecule has 2 atom stereocenters. The number of hydrogen-bond acceptors (Lipinski definition) is 4. The van der Waals surface area contributed by atoms with Crippen molar-refractivity contribution in [3.05, 3.63) is 51.2 Å². The molecule has 3 N–H and O–H groups in total. The summed E-state index contributed by atoms with van der Waals surface area (Å²) < 4.78 is 23.2. The molecule has 2 rings (SSSR count). The second kappa shape index (κ2) is 6.46. The van der Waals surface area contributed by atoms with Crippen LogP contribution in [0.25, 0.3) is 0 Å². The molecule has 2 unspecified atom stereocenters. The summed E-state index contributed by atoms with van der Waals surface area (Å²) in [4.78, 5) is 0.121. The van der Waals surface area contributed by atoms with Gasteiger partial charge in [-0.25, -0.2) is 13.6 Å². The van der Waals surface area contributed by atoms with Crippen LogP contribution < -0.4 is 10.5 Å². The van der Waals surface area contributed by atoms with E-state index in [9.17, 15) is 8.42 Å². The summed E-state index contributed by atoms with van der Waals surface area (Å²) in [6.45, 7) is 4.09. The van der Waals surface area contributed by atoms with Crippen molar-refractivity contribution in [2.45, 2.75) is 30.8 Å². The molecule has 0 radical (unpaired) electrons. The summed E-state index contributed by atoms with van der Waals surface area (Å²) in [5.74, 6) is 0. The molecule has 0 aliphatic carbocycles. The highest BCUT2D eigenvalue weighted by atomic mass is 35.5. The lowest BCUT2D eigenvalue weighted by Crippen LogP contribution is -2.22.